The lowest BCUT2D eigenvalue weighted by Gasteiger charge is -2.37. The summed E-state index contributed by atoms with van der Waals surface area (Å²) in [6, 6.07) is 0.412. The molecule has 102 valence electrons. The molecule has 0 bridgehead atoms. The van der Waals surface area contributed by atoms with Gasteiger partial charge in [0.25, 0.3) is 0 Å². The van der Waals surface area contributed by atoms with Gasteiger partial charge in [-0.3, -0.25) is 4.90 Å². The van der Waals surface area contributed by atoms with E-state index in [4.69, 9.17) is 4.74 Å². The molecule has 1 rings (SSSR count). The minimum atomic E-state index is -0.667. The molecule has 2 unspecified atom stereocenters. The van der Waals surface area contributed by atoms with Gasteiger partial charge in [0.15, 0.2) is 0 Å². The number of piperidine rings is 1. The predicted octanol–water partition coefficient (Wildman–Crippen LogP) is 0.846. The van der Waals surface area contributed by atoms with Crippen LogP contribution in [0.5, 0.6) is 0 Å². The number of rotatable bonds is 6. The van der Waals surface area contributed by atoms with Crippen LogP contribution < -0.4 is 5.32 Å². The molecule has 0 saturated carbocycles. The number of ether oxygens (including phenoxy) is 1. The van der Waals surface area contributed by atoms with Gasteiger partial charge in [-0.25, -0.2) is 0 Å². The maximum absolute atomic E-state index is 10.3. The van der Waals surface area contributed by atoms with Crippen molar-refractivity contribution in [3.05, 3.63) is 0 Å². The Balaban J connectivity index is 2.35. The van der Waals surface area contributed by atoms with Gasteiger partial charge in [-0.1, -0.05) is 13.8 Å². The molecule has 1 heterocycles. The second-order valence-electron chi connectivity index (χ2n) is 5.77. The van der Waals surface area contributed by atoms with Crippen LogP contribution in [0.4, 0.5) is 0 Å². The fourth-order valence-corrected chi connectivity index (χ4v) is 2.31. The average molecular weight is 244 g/mol. The van der Waals surface area contributed by atoms with Crippen LogP contribution in [0.2, 0.25) is 0 Å². The SMILES string of the molecule is COC1CCCN(CC(C)(O)CNC(C)C)C1. The van der Waals surface area contributed by atoms with E-state index in [-0.39, 0.29) is 0 Å². The summed E-state index contributed by atoms with van der Waals surface area (Å²) in [7, 11) is 1.77. The topological polar surface area (TPSA) is 44.7 Å². The van der Waals surface area contributed by atoms with Crippen LogP contribution in [-0.4, -0.2) is 61.0 Å². The van der Waals surface area contributed by atoms with Gasteiger partial charge in [-0.2, -0.15) is 0 Å². The van der Waals surface area contributed by atoms with Gasteiger partial charge in [-0.05, 0) is 26.3 Å². The van der Waals surface area contributed by atoms with Gasteiger partial charge in [-0.15, -0.1) is 0 Å². The van der Waals surface area contributed by atoms with E-state index in [0.29, 0.717) is 25.2 Å². The van der Waals surface area contributed by atoms with Crippen LogP contribution in [0, 0.1) is 0 Å². The standard InChI is InChI=1S/C13H28N2O2/c1-11(2)14-9-13(3,16)10-15-7-5-6-12(8-15)17-4/h11-12,14,16H,5-10H2,1-4H3. The monoisotopic (exact) mass is 244 g/mol. The number of nitrogens with one attached hydrogen (secondary N) is 1. The average Bonchev–Trinajstić information content (AvgIpc) is 2.26. The minimum Gasteiger partial charge on any atom is -0.388 e. The predicted molar refractivity (Wildman–Crippen MR) is 70.2 cm³/mol. The highest BCUT2D eigenvalue weighted by Gasteiger charge is 2.27. The molecule has 0 aliphatic carbocycles. The molecule has 17 heavy (non-hydrogen) atoms. The molecular weight excluding hydrogens is 216 g/mol. The molecule has 0 spiro atoms. The van der Waals surface area contributed by atoms with E-state index in [2.05, 4.69) is 24.1 Å². The van der Waals surface area contributed by atoms with Crippen molar-refractivity contribution in [2.75, 3.05) is 33.3 Å². The molecular formula is C13H28N2O2. The molecule has 2 atom stereocenters. The minimum absolute atomic E-state index is 0.331. The van der Waals surface area contributed by atoms with E-state index < -0.39 is 5.60 Å². The summed E-state index contributed by atoms with van der Waals surface area (Å²) in [6.45, 7) is 9.45. The molecule has 0 amide bonds. The number of hydrogen-bond acceptors (Lipinski definition) is 4. The Morgan fingerprint density at radius 3 is 2.82 bits per heavy atom. The van der Waals surface area contributed by atoms with Crippen molar-refractivity contribution in [2.24, 2.45) is 0 Å². The fraction of sp³-hybridized carbons (Fsp3) is 1.00. The first-order valence-electron chi connectivity index (χ1n) is 6.64. The van der Waals surface area contributed by atoms with Crippen molar-refractivity contribution in [3.63, 3.8) is 0 Å². The Bertz CT molecular complexity index is 219. The Labute approximate surface area is 105 Å². The van der Waals surface area contributed by atoms with Crippen molar-refractivity contribution >= 4 is 0 Å². The lowest BCUT2D eigenvalue weighted by atomic mass is 10.0. The largest absolute Gasteiger partial charge is 0.388 e. The highest BCUT2D eigenvalue weighted by atomic mass is 16.5. The Kier molecular flexibility index (Phi) is 5.86. The number of methoxy groups -OCH3 is 1. The molecule has 0 aromatic heterocycles. The van der Waals surface area contributed by atoms with Crippen LogP contribution in [0.15, 0.2) is 0 Å². The second-order valence-corrected chi connectivity index (χ2v) is 5.77. The van der Waals surface area contributed by atoms with E-state index >= 15 is 0 Å². The molecule has 2 N–H and O–H groups in total. The third kappa shape index (κ3) is 5.82. The van der Waals surface area contributed by atoms with Crippen molar-refractivity contribution < 1.29 is 9.84 Å². The number of β-amino-alcohol motifs (C(OH)–C–C–N with tert-alkyl or cyclic N) is 1. The zero-order chi connectivity index (χ0) is 12.9. The van der Waals surface area contributed by atoms with Crippen molar-refractivity contribution in [3.8, 4) is 0 Å². The smallest absolute Gasteiger partial charge is 0.0869 e. The third-order valence-corrected chi connectivity index (χ3v) is 3.25. The van der Waals surface area contributed by atoms with E-state index in [0.717, 1.165) is 25.9 Å². The summed E-state index contributed by atoms with van der Waals surface area (Å²) in [5.41, 5.74) is -0.667. The summed E-state index contributed by atoms with van der Waals surface area (Å²) < 4.78 is 5.40. The normalized spacial score (nSPS) is 26.1. The van der Waals surface area contributed by atoms with Crippen molar-refractivity contribution in [2.45, 2.75) is 51.4 Å². The van der Waals surface area contributed by atoms with E-state index in [1.807, 2.05) is 6.92 Å². The van der Waals surface area contributed by atoms with E-state index in [9.17, 15) is 5.11 Å². The van der Waals surface area contributed by atoms with Crippen molar-refractivity contribution in [1.82, 2.24) is 10.2 Å². The van der Waals surface area contributed by atoms with Crippen LogP contribution in [0.25, 0.3) is 0 Å². The second kappa shape index (κ2) is 6.69. The first-order chi connectivity index (χ1) is 7.93. The summed E-state index contributed by atoms with van der Waals surface area (Å²) in [4.78, 5) is 2.31. The summed E-state index contributed by atoms with van der Waals surface area (Å²) >= 11 is 0. The molecule has 0 aromatic carbocycles. The van der Waals surface area contributed by atoms with Gasteiger partial charge in [0.05, 0.1) is 11.7 Å². The zero-order valence-electron chi connectivity index (χ0n) is 11.7. The summed E-state index contributed by atoms with van der Waals surface area (Å²) in [5.74, 6) is 0. The molecule has 4 nitrogen and oxygen atoms in total. The number of nitrogens with zero attached hydrogens (tertiary/aromatic N) is 1. The van der Waals surface area contributed by atoms with Crippen LogP contribution >= 0.6 is 0 Å². The number of hydrogen-bond donors (Lipinski definition) is 2. The molecule has 1 aliphatic heterocycles. The van der Waals surface area contributed by atoms with E-state index in [1.54, 1.807) is 7.11 Å². The van der Waals surface area contributed by atoms with Crippen LogP contribution in [-0.2, 0) is 4.74 Å². The molecule has 4 heteroatoms. The summed E-state index contributed by atoms with van der Waals surface area (Å²) in [6.07, 6.45) is 2.63. The van der Waals surface area contributed by atoms with Gasteiger partial charge in [0.1, 0.15) is 0 Å². The maximum atomic E-state index is 10.3. The fourth-order valence-electron chi connectivity index (χ4n) is 2.31. The molecule has 1 fully saturated rings. The molecule has 0 aromatic rings. The Morgan fingerprint density at radius 1 is 1.53 bits per heavy atom. The maximum Gasteiger partial charge on any atom is 0.0869 e. The third-order valence-electron chi connectivity index (χ3n) is 3.25. The Hall–Kier alpha value is -0.160. The highest BCUT2D eigenvalue weighted by molar-refractivity contribution is 4.83. The summed E-state index contributed by atoms with van der Waals surface area (Å²) in [5, 5.41) is 13.6. The lowest BCUT2D eigenvalue weighted by Crippen LogP contribution is -2.52. The first-order valence-corrected chi connectivity index (χ1v) is 6.64. The molecule has 1 aliphatic rings. The van der Waals surface area contributed by atoms with Gasteiger partial charge >= 0.3 is 0 Å². The van der Waals surface area contributed by atoms with Crippen LogP contribution in [0.3, 0.4) is 0 Å². The van der Waals surface area contributed by atoms with Crippen molar-refractivity contribution in [1.29, 1.82) is 0 Å². The van der Waals surface area contributed by atoms with E-state index in [1.165, 1.54) is 0 Å². The van der Waals surface area contributed by atoms with Gasteiger partial charge < -0.3 is 15.2 Å². The quantitative estimate of drug-likeness (QED) is 0.727. The Morgan fingerprint density at radius 2 is 2.24 bits per heavy atom. The zero-order valence-corrected chi connectivity index (χ0v) is 11.7. The number of likely N-dealkylation sites (tertiary alicyclic amines) is 1. The van der Waals surface area contributed by atoms with Gasteiger partial charge in [0.2, 0.25) is 0 Å². The lowest BCUT2D eigenvalue weighted by molar-refractivity contribution is -0.0207. The first kappa shape index (κ1) is 14.9. The molecule has 0 radical (unpaired) electrons. The highest BCUT2D eigenvalue weighted by Crippen LogP contribution is 2.15. The van der Waals surface area contributed by atoms with Gasteiger partial charge in [0, 0.05) is 32.8 Å². The van der Waals surface area contributed by atoms with Crippen LogP contribution in [0.1, 0.15) is 33.6 Å². The number of aliphatic hydroxyl groups is 1. The molecule has 1 saturated heterocycles.